The summed E-state index contributed by atoms with van der Waals surface area (Å²) >= 11 is 9.31. The van der Waals surface area contributed by atoms with Crippen molar-refractivity contribution in [2.75, 3.05) is 11.4 Å². The van der Waals surface area contributed by atoms with Gasteiger partial charge in [0.1, 0.15) is 5.75 Å². The number of anilines is 1. The molecular weight excluding hydrogens is 452 g/mol. The van der Waals surface area contributed by atoms with Crippen molar-refractivity contribution in [3.05, 3.63) is 82.0 Å². The summed E-state index contributed by atoms with van der Waals surface area (Å²) in [4.78, 5) is 4.22. The molecule has 3 rings (SSSR count). The Labute approximate surface area is 171 Å². The van der Waals surface area contributed by atoms with Gasteiger partial charge in [0.2, 0.25) is 0 Å². The second kappa shape index (κ2) is 8.29. The highest BCUT2D eigenvalue weighted by molar-refractivity contribution is 9.10. The molecule has 0 N–H and O–H groups in total. The van der Waals surface area contributed by atoms with E-state index in [1.807, 2.05) is 6.07 Å². The van der Waals surface area contributed by atoms with E-state index in [1.165, 1.54) is 23.5 Å². The number of pyridine rings is 1. The summed E-state index contributed by atoms with van der Waals surface area (Å²) < 4.78 is 33.8. The highest BCUT2D eigenvalue weighted by Gasteiger charge is 2.26. The van der Waals surface area contributed by atoms with Gasteiger partial charge in [-0.1, -0.05) is 17.7 Å². The lowest BCUT2D eigenvalue weighted by molar-refractivity contribution is 0.411. The van der Waals surface area contributed by atoms with Gasteiger partial charge in [-0.15, -0.1) is 0 Å². The smallest absolute Gasteiger partial charge is 0.264 e. The summed E-state index contributed by atoms with van der Waals surface area (Å²) in [6.07, 6.45) is 3.29. The quantitative estimate of drug-likeness (QED) is 0.517. The van der Waals surface area contributed by atoms with Gasteiger partial charge in [-0.3, -0.25) is 9.29 Å². The van der Waals surface area contributed by atoms with E-state index in [-0.39, 0.29) is 11.4 Å². The lowest BCUT2D eigenvalue weighted by atomic mass is 10.2. The SMILES string of the molecule is COc1ccc(S(=O)(=O)N(Cc2cccnc2)c2ccc(Cl)cc2)cc1Br. The molecule has 5 nitrogen and oxygen atoms in total. The van der Waals surface area contributed by atoms with Gasteiger partial charge in [0.05, 0.1) is 28.7 Å². The first-order chi connectivity index (χ1) is 12.9. The maximum atomic E-state index is 13.4. The third kappa shape index (κ3) is 4.43. The lowest BCUT2D eigenvalue weighted by Crippen LogP contribution is -2.30. The van der Waals surface area contributed by atoms with E-state index in [2.05, 4.69) is 20.9 Å². The predicted octanol–water partition coefficient (Wildman–Crippen LogP) is 4.90. The Hall–Kier alpha value is -2.09. The fourth-order valence-corrected chi connectivity index (χ4v) is 4.81. The summed E-state index contributed by atoms with van der Waals surface area (Å²) in [5, 5.41) is 0.532. The molecule has 0 aliphatic heterocycles. The maximum Gasteiger partial charge on any atom is 0.264 e. The number of methoxy groups -OCH3 is 1. The number of nitrogens with zero attached hydrogens (tertiary/aromatic N) is 2. The highest BCUT2D eigenvalue weighted by Crippen LogP contribution is 2.32. The zero-order valence-corrected chi connectivity index (χ0v) is 17.5. The first-order valence-electron chi connectivity index (χ1n) is 7.92. The largest absolute Gasteiger partial charge is 0.496 e. The maximum absolute atomic E-state index is 13.4. The fourth-order valence-electron chi connectivity index (χ4n) is 2.51. The van der Waals surface area contributed by atoms with Gasteiger partial charge >= 0.3 is 0 Å². The van der Waals surface area contributed by atoms with Gasteiger partial charge in [-0.05, 0) is 70.0 Å². The van der Waals surface area contributed by atoms with Crippen LogP contribution >= 0.6 is 27.5 Å². The van der Waals surface area contributed by atoms with E-state index in [0.29, 0.717) is 20.9 Å². The van der Waals surface area contributed by atoms with E-state index < -0.39 is 10.0 Å². The molecule has 2 aromatic carbocycles. The molecule has 140 valence electrons. The molecule has 0 aliphatic rings. The van der Waals surface area contributed by atoms with Crippen LogP contribution in [0.2, 0.25) is 5.02 Å². The third-order valence-electron chi connectivity index (χ3n) is 3.87. The molecule has 0 unspecified atom stereocenters. The molecular formula is C19H16BrClN2O3S. The summed E-state index contributed by atoms with van der Waals surface area (Å²) in [5.41, 5.74) is 1.28. The van der Waals surface area contributed by atoms with Gasteiger partial charge < -0.3 is 4.74 Å². The number of aromatic nitrogens is 1. The van der Waals surface area contributed by atoms with Crippen molar-refractivity contribution in [3.8, 4) is 5.75 Å². The minimum absolute atomic E-state index is 0.140. The molecule has 1 heterocycles. The molecule has 0 saturated carbocycles. The van der Waals surface area contributed by atoms with Crippen molar-refractivity contribution in [3.63, 3.8) is 0 Å². The molecule has 0 bridgehead atoms. The number of ether oxygens (including phenoxy) is 1. The number of rotatable bonds is 6. The van der Waals surface area contributed by atoms with Gasteiger partial charge in [0, 0.05) is 17.4 Å². The number of benzene rings is 2. The lowest BCUT2D eigenvalue weighted by Gasteiger charge is -2.25. The predicted molar refractivity (Wildman–Crippen MR) is 110 cm³/mol. The van der Waals surface area contributed by atoms with Crippen molar-refractivity contribution >= 4 is 43.2 Å². The summed E-state index contributed by atoms with van der Waals surface area (Å²) in [6.45, 7) is 0.140. The van der Waals surface area contributed by atoms with Crippen LogP contribution in [0.25, 0.3) is 0 Å². The van der Waals surface area contributed by atoms with Crippen molar-refractivity contribution in [2.24, 2.45) is 0 Å². The molecule has 0 saturated heterocycles. The van der Waals surface area contributed by atoms with E-state index in [0.717, 1.165) is 5.56 Å². The Morgan fingerprint density at radius 3 is 2.48 bits per heavy atom. The molecule has 0 spiro atoms. The summed E-state index contributed by atoms with van der Waals surface area (Å²) in [7, 11) is -2.31. The molecule has 0 radical (unpaired) electrons. The minimum Gasteiger partial charge on any atom is -0.496 e. The average Bonchev–Trinajstić information content (AvgIpc) is 2.67. The summed E-state index contributed by atoms with van der Waals surface area (Å²) in [6, 6.07) is 14.9. The van der Waals surface area contributed by atoms with Gasteiger partial charge in [0.15, 0.2) is 0 Å². The second-order valence-electron chi connectivity index (χ2n) is 5.65. The van der Waals surface area contributed by atoms with Crippen LogP contribution in [-0.2, 0) is 16.6 Å². The highest BCUT2D eigenvalue weighted by atomic mass is 79.9. The van der Waals surface area contributed by atoms with E-state index >= 15 is 0 Å². The molecule has 1 aromatic heterocycles. The normalized spacial score (nSPS) is 11.2. The van der Waals surface area contributed by atoms with Crippen LogP contribution in [0, 0.1) is 0 Å². The van der Waals surface area contributed by atoms with Crippen LogP contribution in [0.5, 0.6) is 5.75 Å². The Morgan fingerprint density at radius 1 is 1.15 bits per heavy atom. The Bertz CT molecular complexity index is 1030. The second-order valence-corrected chi connectivity index (χ2v) is 8.80. The van der Waals surface area contributed by atoms with Crippen LogP contribution < -0.4 is 9.04 Å². The number of hydrogen-bond donors (Lipinski definition) is 0. The van der Waals surface area contributed by atoms with Crippen LogP contribution in [0.3, 0.4) is 0 Å². The van der Waals surface area contributed by atoms with Crippen LogP contribution in [-0.4, -0.2) is 20.5 Å². The van der Waals surface area contributed by atoms with Gasteiger partial charge in [-0.25, -0.2) is 8.42 Å². The summed E-state index contributed by atoms with van der Waals surface area (Å²) in [5.74, 6) is 0.555. The first-order valence-corrected chi connectivity index (χ1v) is 10.5. The zero-order valence-electron chi connectivity index (χ0n) is 14.3. The minimum atomic E-state index is -3.84. The van der Waals surface area contributed by atoms with E-state index in [1.54, 1.807) is 48.8 Å². The Morgan fingerprint density at radius 2 is 1.89 bits per heavy atom. The average molecular weight is 468 g/mol. The molecule has 0 amide bonds. The van der Waals surface area contributed by atoms with Gasteiger partial charge in [0.25, 0.3) is 10.0 Å². The molecule has 0 fully saturated rings. The molecule has 3 aromatic rings. The first kappa shape index (κ1) is 19.7. The Kier molecular flexibility index (Phi) is 6.04. The van der Waals surface area contributed by atoms with Gasteiger partial charge in [-0.2, -0.15) is 0 Å². The topological polar surface area (TPSA) is 59.5 Å². The zero-order chi connectivity index (χ0) is 19.4. The van der Waals surface area contributed by atoms with E-state index in [9.17, 15) is 8.42 Å². The fraction of sp³-hybridized carbons (Fsp3) is 0.105. The van der Waals surface area contributed by atoms with Crippen molar-refractivity contribution < 1.29 is 13.2 Å². The number of hydrogen-bond acceptors (Lipinski definition) is 4. The molecule has 27 heavy (non-hydrogen) atoms. The number of halogens is 2. The number of sulfonamides is 1. The monoisotopic (exact) mass is 466 g/mol. The Balaban J connectivity index is 2.07. The van der Waals surface area contributed by atoms with Crippen molar-refractivity contribution in [2.45, 2.75) is 11.4 Å². The van der Waals surface area contributed by atoms with Crippen LogP contribution in [0.15, 0.2) is 76.4 Å². The molecule has 0 aliphatic carbocycles. The standard InChI is InChI=1S/C19H16BrClN2O3S/c1-26-19-9-8-17(11-18(19)20)27(24,25)23(13-14-3-2-10-22-12-14)16-6-4-15(21)5-7-16/h2-12H,13H2,1H3. The molecule has 8 heteroatoms. The molecule has 0 atom stereocenters. The van der Waals surface area contributed by atoms with Crippen LogP contribution in [0.1, 0.15) is 5.56 Å². The van der Waals surface area contributed by atoms with Crippen molar-refractivity contribution in [1.82, 2.24) is 4.98 Å². The van der Waals surface area contributed by atoms with E-state index in [4.69, 9.17) is 16.3 Å². The van der Waals surface area contributed by atoms with Crippen LogP contribution in [0.4, 0.5) is 5.69 Å². The third-order valence-corrected chi connectivity index (χ3v) is 6.52. The van der Waals surface area contributed by atoms with Crippen molar-refractivity contribution in [1.29, 1.82) is 0 Å².